The normalized spacial score (nSPS) is 20.8. The van der Waals surface area contributed by atoms with Crippen molar-refractivity contribution in [3.63, 3.8) is 0 Å². The Bertz CT molecular complexity index is 748. The number of hydrogen-bond acceptors (Lipinski definition) is 4. The molecule has 0 bridgehead atoms. The third-order valence-electron chi connectivity index (χ3n) is 4.00. The number of rotatable bonds is 4. The Balaban J connectivity index is 1.59. The summed E-state index contributed by atoms with van der Waals surface area (Å²) >= 11 is 3.43. The van der Waals surface area contributed by atoms with E-state index in [1.54, 1.807) is 0 Å². The SMILES string of the molecule is C/C(=N\NC(=O)C1CC(c2ccccc2)NN1)c1cccc(Br)c1. The second kappa shape index (κ2) is 7.70. The summed E-state index contributed by atoms with van der Waals surface area (Å²) in [6, 6.07) is 17.7. The van der Waals surface area contributed by atoms with E-state index < -0.39 is 0 Å². The Morgan fingerprint density at radius 3 is 2.71 bits per heavy atom. The molecular formula is C18H19BrN4O. The van der Waals surface area contributed by atoms with E-state index in [-0.39, 0.29) is 18.0 Å². The largest absolute Gasteiger partial charge is 0.271 e. The highest BCUT2D eigenvalue weighted by molar-refractivity contribution is 9.10. The van der Waals surface area contributed by atoms with Crippen LogP contribution in [-0.4, -0.2) is 17.7 Å². The van der Waals surface area contributed by atoms with Gasteiger partial charge in [-0.05, 0) is 36.6 Å². The number of hydrazine groups is 1. The van der Waals surface area contributed by atoms with Crippen LogP contribution in [0.15, 0.2) is 64.2 Å². The Labute approximate surface area is 149 Å². The minimum atomic E-state index is -0.311. The molecule has 1 fully saturated rings. The zero-order chi connectivity index (χ0) is 16.9. The van der Waals surface area contributed by atoms with Gasteiger partial charge in [0.05, 0.1) is 5.71 Å². The first kappa shape index (κ1) is 16.8. The quantitative estimate of drug-likeness (QED) is 0.559. The van der Waals surface area contributed by atoms with Crippen molar-refractivity contribution < 1.29 is 4.79 Å². The molecule has 0 radical (unpaired) electrons. The highest BCUT2D eigenvalue weighted by Gasteiger charge is 2.29. The van der Waals surface area contributed by atoms with Gasteiger partial charge in [-0.3, -0.25) is 4.79 Å². The van der Waals surface area contributed by atoms with Crippen LogP contribution in [0.2, 0.25) is 0 Å². The number of hydrazone groups is 1. The van der Waals surface area contributed by atoms with E-state index in [0.717, 1.165) is 21.3 Å². The molecule has 2 aromatic rings. The molecule has 1 aliphatic rings. The molecule has 0 spiro atoms. The lowest BCUT2D eigenvalue weighted by atomic mass is 10.0. The van der Waals surface area contributed by atoms with Gasteiger partial charge in [0.1, 0.15) is 6.04 Å². The van der Waals surface area contributed by atoms with Crippen molar-refractivity contribution >= 4 is 27.5 Å². The van der Waals surface area contributed by atoms with E-state index in [2.05, 4.69) is 49.4 Å². The van der Waals surface area contributed by atoms with Gasteiger partial charge in [0, 0.05) is 10.5 Å². The molecule has 0 aromatic heterocycles. The number of hydrogen-bond donors (Lipinski definition) is 3. The average Bonchev–Trinajstić information content (AvgIpc) is 3.10. The summed E-state index contributed by atoms with van der Waals surface area (Å²) in [4.78, 5) is 12.3. The van der Waals surface area contributed by atoms with E-state index >= 15 is 0 Å². The molecule has 3 N–H and O–H groups in total. The van der Waals surface area contributed by atoms with Gasteiger partial charge in [-0.1, -0.05) is 58.4 Å². The van der Waals surface area contributed by atoms with E-state index in [4.69, 9.17) is 0 Å². The Kier molecular flexibility index (Phi) is 5.40. The number of amides is 1. The topological polar surface area (TPSA) is 65.5 Å². The van der Waals surface area contributed by atoms with Crippen LogP contribution in [0.25, 0.3) is 0 Å². The predicted molar refractivity (Wildman–Crippen MR) is 98.4 cm³/mol. The fourth-order valence-corrected chi connectivity index (χ4v) is 3.03. The number of nitrogens with zero attached hydrogens (tertiary/aromatic N) is 1. The van der Waals surface area contributed by atoms with Crippen molar-refractivity contribution in [2.24, 2.45) is 5.10 Å². The Hall–Kier alpha value is -2.02. The minimum Gasteiger partial charge on any atom is -0.271 e. The molecule has 5 nitrogen and oxygen atoms in total. The molecule has 124 valence electrons. The lowest BCUT2D eigenvalue weighted by Gasteiger charge is -2.09. The first-order valence-corrected chi connectivity index (χ1v) is 8.59. The molecule has 2 aromatic carbocycles. The number of carbonyl (C=O) groups is 1. The zero-order valence-electron chi connectivity index (χ0n) is 13.3. The van der Waals surface area contributed by atoms with Crippen molar-refractivity contribution in [2.75, 3.05) is 0 Å². The molecule has 1 amide bonds. The molecule has 0 saturated carbocycles. The highest BCUT2D eigenvalue weighted by Crippen LogP contribution is 2.21. The predicted octanol–water partition coefficient (Wildman–Crippen LogP) is 2.90. The molecule has 24 heavy (non-hydrogen) atoms. The first-order valence-electron chi connectivity index (χ1n) is 7.79. The molecule has 1 heterocycles. The fourth-order valence-electron chi connectivity index (χ4n) is 2.63. The summed E-state index contributed by atoms with van der Waals surface area (Å²) in [5.74, 6) is -0.143. The average molecular weight is 387 g/mol. The van der Waals surface area contributed by atoms with Crippen LogP contribution < -0.4 is 16.3 Å². The first-order chi connectivity index (χ1) is 11.6. The number of nitrogens with one attached hydrogen (secondary N) is 3. The van der Waals surface area contributed by atoms with Gasteiger partial charge in [-0.25, -0.2) is 16.3 Å². The number of benzene rings is 2. The minimum absolute atomic E-state index is 0.122. The number of carbonyl (C=O) groups excluding carboxylic acids is 1. The molecule has 2 unspecified atom stereocenters. The van der Waals surface area contributed by atoms with Gasteiger partial charge in [0.15, 0.2) is 0 Å². The maximum Gasteiger partial charge on any atom is 0.258 e. The molecular weight excluding hydrogens is 368 g/mol. The molecule has 6 heteroatoms. The van der Waals surface area contributed by atoms with Crippen molar-refractivity contribution in [3.05, 3.63) is 70.2 Å². The van der Waals surface area contributed by atoms with E-state index in [1.807, 2.05) is 49.4 Å². The summed E-state index contributed by atoms with van der Waals surface area (Å²) in [6.07, 6.45) is 0.682. The van der Waals surface area contributed by atoms with Crippen LogP contribution in [0.3, 0.4) is 0 Å². The third kappa shape index (κ3) is 4.08. The summed E-state index contributed by atoms with van der Waals surface area (Å²) in [7, 11) is 0. The summed E-state index contributed by atoms with van der Waals surface area (Å²) in [5, 5.41) is 4.21. The highest BCUT2D eigenvalue weighted by atomic mass is 79.9. The van der Waals surface area contributed by atoms with E-state index in [1.165, 1.54) is 0 Å². The van der Waals surface area contributed by atoms with Gasteiger partial charge < -0.3 is 0 Å². The van der Waals surface area contributed by atoms with Crippen molar-refractivity contribution in [1.82, 2.24) is 16.3 Å². The Morgan fingerprint density at radius 2 is 1.96 bits per heavy atom. The lowest BCUT2D eigenvalue weighted by Crippen LogP contribution is -2.41. The standard InChI is InChI=1S/C18H19BrN4O/c1-12(14-8-5-9-15(19)10-14)20-23-18(24)17-11-16(21-22-17)13-6-3-2-4-7-13/h2-10,16-17,21-22H,11H2,1H3,(H,23,24)/b20-12+. The Morgan fingerprint density at radius 1 is 1.17 bits per heavy atom. The maximum absolute atomic E-state index is 12.3. The molecule has 1 aliphatic heterocycles. The lowest BCUT2D eigenvalue weighted by molar-refractivity contribution is -0.122. The van der Waals surface area contributed by atoms with Gasteiger partial charge in [0.25, 0.3) is 5.91 Å². The van der Waals surface area contributed by atoms with Crippen LogP contribution in [0.4, 0.5) is 0 Å². The van der Waals surface area contributed by atoms with E-state index in [9.17, 15) is 4.79 Å². The number of halogens is 1. The van der Waals surface area contributed by atoms with Gasteiger partial charge in [0.2, 0.25) is 0 Å². The summed E-state index contributed by atoms with van der Waals surface area (Å²) in [5.41, 5.74) is 11.7. The summed E-state index contributed by atoms with van der Waals surface area (Å²) < 4.78 is 0.980. The zero-order valence-corrected chi connectivity index (χ0v) is 14.9. The summed E-state index contributed by atoms with van der Waals surface area (Å²) in [6.45, 7) is 1.87. The van der Waals surface area contributed by atoms with Crippen molar-refractivity contribution in [1.29, 1.82) is 0 Å². The van der Waals surface area contributed by atoms with Crippen molar-refractivity contribution in [2.45, 2.75) is 25.4 Å². The smallest absolute Gasteiger partial charge is 0.258 e. The van der Waals surface area contributed by atoms with Gasteiger partial charge >= 0.3 is 0 Å². The molecule has 2 atom stereocenters. The van der Waals surface area contributed by atoms with Gasteiger partial charge in [-0.15, -0.1) is 0 Å². The van der Waals surface area contributed by atoms with Gasteiger partial charge in [-0.2, -0.15) is 5.10 Å². The molecule has 0 aliphatic carbocycles. The second-order valence-electron chi connectivity index (χ2n) is 5.72. The third-order valence-corrected chi connectivity index (χ3v) is 4.49. The van der Waals surface area contributed by atoms with Crippen LogP contribution in [0.1, 0.15) is 30.5 Å². The maximum atomic E-state index is 12.3. The molecule has 1 saturated heterocycles. The fraction of sp³-hybridized carbons (Fsp3) is 0.222. The van der Waals surface area contributed by atoms with Crippen LogP contribution in [-0.2, 0) is 4.79 Å². The van der Waals surface area contributed by atoms with Crippen LogP contribution in [0.5, 0.6) is 0 Å². The van der Waals surface area contributed by atoms with Crippen LogP contribution >= 0.6 is 15.9 Å². The molecule has 3 rings (SSSR count). The van der Waals surface area contributed by atoms with Crippen LogP contribution in [0, 0.1) is 0 Å². The van der Waals surface area contributed by atoms with Crippen molar-refractivity contribution in [3.8, 4) is 0 Å². The van der Waals surface area contributed by atoms with E-state index in [0.29, 0.717) is 6.42 Å². The monoisotopic (exact) mass is 386 g/mol. The second-order valence-corrected chi connectivity index (χ2v) is 6.64.